The van der Waals surface area contributed by atoms with Gasteiger partial charge in [0.25, 0.3) is 0 Å². The lowest BCUT2D eigenvalue weighted by atomic mass is 10.0. The molecule has 4 unspecified atom stereocenters. The SMILES string of the molecule is CC(C)CC(NC(=O)C(CCC(N)=O)NC(=O)C(CC(C)C)NC(=O)C(N)CS)C(=O)O. The van der Waals surface area contributed by atoms with Gasteiger partial charge in [0.15, 0.2) is 0 Å². The molecule has 0 heterocycles. The number of nitrogens with two attached hydrogens (primary N) is 2. The molecule has 8 N–H and O–H groups in total. The minimum absolute atomic E-state index is 0.00302. The zero-order chi connectivity index (χ0) is 25.0. The molecule has 11 nitrogen and oxygen atoms in total. The monoisotopic (exact) mass is 475 g/mol. The highest BCUT2D eigenvalue weighted by atomic mass is 32.1. The van der Waals surface area contributed by atoms with Crippen LogP contribution in [0.25, 0.3) is 0 Å². The molecule has 0 aromatic heterocycles. The summed E-state index contributed by atoms with van der Waals surface area (Å²) in [6.45, 7) is 7.32. The topological polar surface area (TPSA) is 194 Å². The number of primary amides is 1. The number of amides is 4. The Morgan fingerprint density at radius 1 is 0.812 bits per heavy atom. The highest BCUT2D eigenvalue weighted by molar-refractivity contribution is 7.80. The molecule has 4 atom stereocenters. The number of hydrogen-bond donors (Lipinski definition) is 7. The Hall–Kier alpha value is -2.34. The number of carbonyl (C=O) groups excluding carboxylic acids is 4. The number of rotatable bonds is 15. The summed E-state index contributed by atoms with van der Waals surface area (Å²) in [5.41, 5.74) is 10.8. The van der Waals surface area contributed by atoms with Crippen LogP contribution in [0.4, 0.5) is 0 Å². The molecule has 0 fully saturated rings. The molecule has 0 aliphatic carbocycles. The Balaban J connectivity index is 5.53. The van der Waals surface area contributed by atoms with Gasteiger partial charge in [0.1, 0.15) is 18.1 Å². The summed E-state index contributed by atoms with van der Waals surface area (Å²) in [6.07, 6.45) is 0.128. The molecule has 0 bridgehead atoms. The summed E-state index contributed by atoms with van der Waals surface area (Å²) in [7, 11) is 0. The van der Waals surface area contributed by atoms with E-state index < -0.39 is 53.8 Å². The van der Waals surface area contributed by atoms with Crippen molar-refractivity contribution in [1.82, 2.24) is 16.0 Å². The zero-order valence-corrected chi connectivity index (χ0v) is 20.0. The van der Waals surface area contributed by atoms with Gasteiger partial charge in [-0.1, -0.05) is 27.7 Å². The predicted octanol–water partition coefficient (Wildman–Crippen LogP) is -0.860. The first-order chi connectivity index (χ1) is 14.8. The van der Waals surface area contributed by atoms with Crippen LogP contribution in [0.5, 0.6) is 0 Å². The highest BCUT2D eigenvalue weighted by Gasteiger charge is 2.31. The summed E-state index contributed by atoms with van der Waals surface area (Å²) in [5, 5.41) is 16.8. The molecule has 0 aliphatic rings. The Kier molecular flexibility index (Phi) is 13.6. The van der Waals surface area contributed by atoms with E-state index >= 15 is 0 Å². The molecule has 184 valence electrons. The lowest BCUT2D eigenvalue weighted by molar-refractivity contribution is -0.143. The van der Waals surface area contributed by atoms with Crippen LogP contribution in [0.2, 0.25) is 0 Å². The van der Waals surface area contributed by atoms with E-state index in [0.717, 1.165) is 0 Å². The average Bonchev–Trinajstić information content (AvgIpc) is 2.67. The number of aliphatic carboxylic acids is 1. The van der Waals surface area contributed by atoms with Gasteiger partial charge in [-0.25, -0.2) is 4.79 Å². The molecular weight excluding hydrogens is 438 g/mol. The van der Waals surface area contributed by atoms with Crippen LogP contribution in [0, 0.1) is 11.8 Å². The van der Waals surface area contributed by atoms with Gasteiger partial charge < -0.3 is 32.5 Å². The molecule has 4 amide bonds. The van der Waals surface area contributed by atoms with Crippen molar-refractivity contribution in [3.05, 3.63) is 0 Å². The molecule has 0 rings (SSSR count). The first kappa shape index (κ1) is 29.7. The third-order valence-corrected chi connectivity index (χ3v) is 4.90. The van der Waals surface area contributed by atoms with Crippen molar-refractivity contribution in [3.63, 3.8) is 0 Å². The van der Waals surface area contributed by atoms with E-state index in [4.69, 9.17) is 11.5 Å². The fourth-order valence-electron chi connectivity index (χ4n) is 2.86. The van der Waals surface area contributed by atoms with Crippen molar-refractivity contribution in [3.8, 4) is 0 Å². The maximum Gasteiger partial charge on any atom is 0.326 e. The largest absolute Gasteiger partial charge is 0.480 e. The third-order valence-electron chi connectivity index (χ3n) is 4.51. The minimum Gasteiger partial charge on any atom is -0.480 e. The third kappa shape index (κ3) is 11.9. The van der Waals surface area contributed by atoms with Crippen LogP contribution in [0.1, 0.15) is 53.4 Å². The maximum absolute atomic E-state index is 12.9. The second kappa shape index (κ2) is 14.7. The Morgan fingerprint density at radius 2 is 1.25 bits per heavy atom. The number of nitrogens with one attached hydrogen (secondary N) is 3. The highest BCUT2D eigenvalue weighted by Crippen LogP contribution is 2.09. The predicted molar refractivity (Wildman–Crippen MR) is 123 cm³/mol. The molecule has 0 aromatic carbocycles. The first-order valence-corrected chi connectivity index (χ1v) is 11.2. The average molecular weight is 476 g/mol. The molecule has 0 saturated carbocycles. The number of thiol groups is 1. The van der Waals surface area contributed by atoms with Crippen molar-refractivity contribution in [1.29, 1.82) is 0 Å². The second-order valence-corrected chi connectivity index (χ2v) is 8.94. The van der Waals surface area contributed by atoms with Crippen LogP contribution in [-0.2, 0) is 24.0 Å². The quantitative estimate of drug-likeness (QED) is 0.150. The molecule has 12 heteroatoms. The van der Waals surface area contributed by atoms with Gasteiger partial charge in [-0.2, -0.15) is 12.6 Å². The first-order valence-electron chi connectivity index (χ1n) is 10.6. The van der Waals surface area contributed by atoms with Gasteiger partial charge in [0.05, 0.1) is 6.04 Å². The van der Waals surface area contributed by atoms with Gasteiger partial charge in [-0.3, -0.25) is 19.2 Å². The molecule has 0 spiro atoms. The second-order valence-electron chi connectivity index (χ2n) is 8.57. The van der Waals surface area contributed by atoms with Gasteiger partial charge in [0, 0.05) is 12.2 Å². The minimum atomic E-state index is -1.21. The van der Waals surface area contributed by atoms with Gasteiger partial charge >= 0.3 is 5.97 Å². The zero-order valence-electron chi connectivity index (χ0n) is 19.1. The van der Waals surface area contributed by atoms with Crippen molar-refractivity contribution >= 4 is 42.2 Å². The van der Waals surface area contributed by atoms with Gasteiger partial charge in [-0.15, -0.1) is 0 Å². The van der Waals surface area contributed by atoms with Crippen molar-refractivity contribution in [2.75, 3.05) is 5.75 Å². The van der Waals surface area contributed by atoms with Gasteiger partial charge in [0.2, 0.25) is 23.6 Å². The van der Waals surface area contributed by atoms with Crippen molar-refractivity contribution < 1.29 is 29.1 Å². The van der Waals surface area contributed by atoms with E-state index in [9.17, 15) is 29.1 Å². The van der Waals surface area contributed by atoms with E-state index in [-0.39, 0.29) is 43.3 Å². The molecule has 0 aromatic rings. The Bertz CT molecular complexity index is 673. The lowest BCUT2D eigenvalue weighted by Crippen LogP contribution is -2.57. The fourth-order valence-corrected chi connectivity index (χ4v) is 3.02. The van der Waals surface area contributed by atoms with E-state index in [0.29, 0.717) is 0 Å². The summed E-state index contributed by atoms with van der Waals surface area (Å²) >= 11 is 3.97. The smallest absolute Gasteiger partial charge is 0.326 e. The van der Waals surface area contributed by atoms with Crippen LogP contribution in [-0.4, -0.2) is 64.6 Å². The molecule has 32 heavy (non-hydrogen) atoms. The van der Waals surface area contributed by atoms with Crippen LogP contribution >= 0.6 is 12.6 Å². The van der Waals surface area contributed by atoms with Crippen LogP contribution < -0.4 is 27.4 Å². The summed E-state index contributed by atoms with van der Waals surface area (Å²) in [4.78, 5) is 60.5. The van der Waals surface area contributed by atoms with E-state index in [1.807, 2.05) is 27.7 Å². The fraction of sp³-hybridized carbons (Fsp3) is 0.750. The molecule has 0 radical (unpaired) electrons. The standard InChI is InChI=1S/C20H37N5O6S/c1-10(2)7-14(24-17(27)12(21)9-32)19(29)23-13(5-6-16(22)26)18(28)25-15(20(30)31)8-11(3)4/h10-15,32H,5-9,21H2,1-4H3,(H2,22,26)(H,23,29)(H,24,27)(H,25,28)(H,30,31). The van der Waals surface area contributed by atoms with Crippen molar-refractivity contribution in [2.24, 2.45) is 23.3 Å². The molecule has 0 aliphatic heterocycles. The summed E-state index contributed by atoms with van der Waals surface area (Å²) in [6, 6.07) is -4.27. The number of carboxylic acid groups (broad SMARTS) is 1. The number of carboxylic acids is 1. The maximum atomic E-state index is 12.9. The summed E-state index contributed by atoms with van der Waals surface area (Å²) in [5.74, 6) is -3.76. The molecule has 0 saturated heterocycles. The van der Waals surface area contributed by atoms with Gasteiger partial charge in [-0.05, 0) is 31.1 Å². The van der Waals surface area contributed by atoms with Crippen LogP contribution in [0.3, 0.4) is 0 Å². The normalized spacial score (nSPS) is 14.9. The van der Waals surface area contributed by atoms with E-state index in [2.05, 4.69) is 28.6 Å². The van der Waals surface area contributed by atoms with E-state index in [1.54, 1.807) is 0 Å². The summed E-state index contributed by atoms with van der Waals surface area (Å²) < 4.78 is 0. The Morgan fingerprint density at radius 3 is 1.69 bits per heavy atom. The number of hydrogen-bond acceptors (Lipinski definition) is 7. The van der Waals surface area contributed by atoms with Crippen LogP contribution in [0.15, 0.2) is 0 Å². The molecular formula is C20H37N5O6S. The Labute approximate surface area is 194 Å². The number of carbonyl (C=O) groups is 5. The van der Waals surface area contributed by atoms with E-state index in [1.165, 1.54) is 0 Å². The lowest BCUT2D eigenvalue weighted by Gasteiger charge is -2.26. The van der Waals surface area contributed by atoms with Crippen molar-refractivity contribution in [2.45, 2.75) is 77.5 Å².